The first kappa shape index (κ1) is 16.8. The van der Waals surface area contributed by atoms with Crippen LogP contribution in [0.1, 0.15) is 17.0 Å². The van der Waals surface area contributed by atoms with Gasteiger partial charge >= 0.3 is 5.97 Å². The van der Waals surface area contributed by atoms with Gasteiger partial charge in [0.2, 0.25) is 12.5 Å². The number of carbonyl (C=O) groups excluding carboxylic acids is 1. The van der Waals surface area contributed by atoms with Crippen molar-refractivity contribution in [2.45, 2.75) is 11.7 Å². The molecule has 3 unspecified atom stereocenters. The third-order valence-corrected chi connectivity index (χ3v) is 5.28. The van der Waals surface area contributed by atoms with Crippen LogP contribution in [0.5, 0.6) is 34.5 Å². The number of aliphatic hydroxyl groups is 1. The highest BCUT2D eigenvalue weighted by Gasteiger charge is 2.59. The number of aromatic hydroxyl groups is 2. The van der Waals surface area contributed by atoms with Gasteiger partial charge in [0.05, 0.1) is 7.11 Å². The highest BCUT2D eigenvalue weighted by molar-refractivity contribution is 5.80. The van der Waals surface area contributed by atoms with E-state index in [2.05, 4.69) is 0 Å². The van der Waals surface area contributed by atoms with Crippen molar-refractivity contribution in [1.29, 1.82) is 0 Å². The molecule has 3 aliphatic rings. The van der Waals surface area contributed by atoms with Crippen LogP contribution in [0.3, 0.4) is 0 Å². The topological polar surface area (TPSA) is 124 Å². The lowest BCUT2D eigenvalue weighted by atomic mass is 9.75. The van der Waals surface area contributed by atoms with Crippen molar-refractivity contribution < 1.29 is 43.8 Å². The van der Waals surface area contributed by atoms with Gasteiger partial charge in [-0.3, -0.25) is 4.79 Å². The predicted molar refractivity (Wildman–Crippen MR) is 90.8 cm³/mol. The number of rotatable bonds is 2. The number of carbonyl (C=O) groups is 1. The second-order valence-corrected chi connectivity index (χ2v) is 6.84. The fourth-order valence-electron chi connectivity index (χ4n) is 3.99. The van der Waals surface area contributed by atoms with Crippen LogP contribution < -0.4 is 18.9 Å². The largest absolute Gasteiger partial charge is 0.504 e. The van der Waals surface area contributed by atoms with E-state index in [-0.39, 0.29) is 19.1 Å². The van der Waals surface area contributed by atoms with Crippen LogP contribution in [-0.4, -0.2) is 47.6 Å². The quantitative estimate of drug-likeness (QED) is 0.514. The summed E-state index contributed by atoms with van der Waals surface area (Å²) in [4.78, 5) is 12.5. The molecule has 146 valence electrons. The first-order valence-corrected chi connectivity index (χ1v) is 8.52. The minimum atomic E-state index is -1.89. The average Bonchev–Trinajstić information content (AvgIpc) is 3.24. The Morgan fingerprint density at radius 3 is 2.57 bits per heavy atom. The Balaban J connectivity index is 1.75. The molecule has 1 saturated heterocycles. The van der Waals surface area contributed by atoms with Crippen LogP contribution in [0, 0.1) is 5.92 Å². The molecule has 3 aliphatic heterocycles. The van der Waals surface area contributed by atoms with Crippen molar-refractivity contribution in [1.82, 2.24) is 0 Å². The van der Waals surface area contributed by atoms with Gasteiger partial charge in [-0.25, -0.2) is 0 Å². The summed E-state index contributed by atoms with van der Waals surface area (Å²) in [7, 11) is 1.34. The van der Waals surface area contributed by atoms with Gasteiger partial charge in [0, 0.05) is 17.5 Å². The smallest absolute Gasteiger partial charge is 0.317 e. The molecule has 3 N–H and O–H groups in total. The standard InChI is InChI=1S/C19H16O9/c1-24-14-3-8(2-10(20)17(14)21)15-9-4-12-13(27-7-26-12)5-11(9)28-19(23)6-25-18(22)16(15)19/h2-5,15-16,20-21,23H,6-7H2,1H3. The minimum absolute atomic E-state index is 0.0266. The predicted octanol–water partition coefficient (Wildman–Crippen LogP) is 1.22. The molecule has 3 heterocycles. The second-order valence-electron chi connectivity index (χ2n) is 6.84. The van der Waals surface area contributed by atoms with Gasteiger partial charge < -0.3 is 39.0 Å². The molecule has 5 rings (SSSR count). The second kappa shape index (κ2) is 5.59. The third-order valence-electron chi connectivity index (χ3n) is 5.28. The van der Waals surface area contributed by atoms with Crippen LogP contribution in [0.2, 0.25) is 0 Å². The molecule has 0 saturated carbocycles. The summed E-state index contributed by atoms with van der Waals surface area (Å²) >= 11 is 0. The molecule has 9 nitrogen and oxygen atoms in total. The van der Waals surface area contributed by atoms with E-state index >= 15 is 0 Å². The summed E-state index contributed by atoms with van der Waals surface area (Å²) < 4.78 is 26.7. The normalized spacial score (nSPS) is 26.9. The molecule has 0 aromatic heterocycles. The zero-order valence-electron chi connectivity index (χ0n) is 14.7. The summed E-state index contributed by atoms with van der Waals surface area (Å²) in [5, 5.41) is 31.1. The van der Waals surface area contributed by atoms with Crippen LogP contribution in [0.15, 0.2) is 24.3 Å². The van der Waals surface area contributed by atoms with E-state index in [4.69, 9.17) is 23.7 Å². The zero-order chi connectivity index (χ0) is 19.6. The molecular formula is C19H16O9. The number of phenolic OH excluding ortho intramolecular Hbond substituents is 2. The Hall–Kier alpha value is -3.33. The average molecular weight is 388 g/mol. The van der Waals surface area contributed by atoms with Crippen molar-refractivity contribution in [2.75, 3.05) is 20.5 Å². The summed E-state index contributed by atoms with van der Waals surface area (Å²) in [6.45, 7) is -0.283. The number of hydrogen-bond donors (Lipinski definition) is 3. The lowest BCUT2D eigenvalue weighted by Crippen LogP contribution is -2.49. The first-order valence-electron chi connectivity index (χ1n) is 8.52. The van der Waals surface area contributed by atoms with Gasteiger partial charge in [0.15, 0.2) is 29.6 Å². The lowest BCUT2D eigenvalue weighted by Gasteiger charge is -2.38. The number of phenols is 2. The van der Waals surface area contributed by atoms with E-state index in [0.29, 0.717) is 28.4 Å². The maximum Gasteiger partial charge on any atom is 0.317 e. The van der Waals surface area contributed by atoms with Gasteiger partial charge in [-0.05, 0) is 23.8 Å². The molecule has 0 radical (unpaired) electrons. The summed E-state index contributed by atoms with van der Waals surface area (Å²) in [5.41, 5.74) is 0.975. The number of ether oxygens (including phenoxy) is 5. The van der Waals surface area contributed by atoms with Gasteiger partial charge in [-0.15, -0.1) is 0 Å². The van der Waals surface area contributed by atoms with E-state index in [1.54, 1.807) is 12.1 Å². The Morgan fingerprint density at radius 2 is 1.82 bits per heavy atom. The van der Waals surface area contributed by atoms with E-state index in [1.165, 1.54) is 19.2 Å². The first-order chi connectivity index (χ1) is 13.4. The molecule has 3 atom stereocenters. The molecule has 0 aliphatic carbocycles. The van der Waals surface area contributed by atoms with Crippen molar-refractivity contribution in [3.8, 4) is 34.5 Å². The SMILES string of the molecule is COc1cc(C2c3cc4c(cc3OC3(O)COC(=O)C23)OCO4)cc(O)c1O. The number of fused-ring (bicyclic) bond motifs is 3. The van der Waals surface area contributed by atoms with E-state index < -0.39 is 35.1 Å². The number of esters is 1. The maximum atomic E-state index is 12.5. The van der Waals surface area contributed by atoms with Crippen LogP contribution in [0.25, 0.3) is 0 Å². The molecule has 0 amide bonds. The van der Waals surface area contributed by atoms with E-state index in [0.717, 1.165) is 0 Å². The van der Waals surface area contributed by atoms with Crippen LogP contribution in [0.4, 0.5) is 0 Å². The van der Waals surface area contributed by atoms with E-state index in [1.807, 2.05) is 0 Å². The number of benzene rings is 2. The summed E-state index contributed by atoms with van der Waals surface area (Å²) in [6, 6.07) is 6.06. The summed E-state index contributed by atoms with van der Waals surface area (Å²) in [6.07, 6.45) is 0. The lowest BCUT2D eigenvalue weighted by molar-refractivity contribution is -0.173. The van der Waals surface area contributed by atoms with Gasteiger partial charge in [-0.2, -0.15) is 0 Å². The molecule has 9 heteroatoms. The Morgan fingerprint density at radius 1 is 1.07 bits per heavy atom. The number of hydrogen-bond acceptors (Lipinski definition) is 9. The van der Waals surface area contributed by atoms with Crippen LogP contribution in [-0.2, 0) is 9.53 Å². The summed E-state index contributed by atoms with van der Waals surface area (Å²) in [5.74, 6) is -3.95. The highest BCUT2D eigenvalue weighted by atomic mass is 16.7. The van der Waals surface area contributed by atoms with Gasteiger partial charge in [-0.1, -0.05) is 0 Å². The highest BCUT2D eigenvalue weighted by Crippen LogP contribution is 2.54. The fraction of sp³-hybridized carbons (Fsp3) is 0.316. The van der Waals surface area contributed by atoms with Gasteiger partial charge in [0.25, 0.3) is 5.79 Å². The third kappa shape index (κ3) is 2.19. The molecule has 2 aromatic carbocycles. The minimum Gasteiger partial charge on any atom is -0.504 e. The van der Waals surface area contributed by atoms with Crippen LogP contribution >= 0.6 is 0 Å². The Labute approximate surface area is 158 Å². The molecule has 2 aromatic rings. The zero-order valence-corrected chi connectivity index (χ0v) is 14.7. The van der Waals surface area contributed by atoms with Gasteiger partial charge in [0.1, 0.15) is 11.7 Å². The molecule has 0 spiro atoms. The van der Waals surface area contributed by atoms with Crippen molar-refractivity contribution in [2.24, 2.45) is 5.92 Å². The molecule has 1 fully saturated rings. The van der Waals surface area contributed by atoms with Crippen molar-refractivity contribution >= 4 is 5.97 Å². The number of methoxy groups -OCH3 is 1. The van der Waals surface area contributed by atoms with Crippen molar-refractivity contribution in [3.05, 3.63) is 35.4 Å². The molecule has 0 bridgehead atoms. The molecule has 28 heavy (non-hydrogen) atoms. The maximum absolute atomic E-state index is 12.5. The Bertz CT molecular complexity index is 1000. The Kier molecular flexibility index (Phi) is 3.35. The monoisotopic (exact) mass is 388 g/mol. The molecular weight excluding hydrogens is 372 g/mol. The van der Waals surface area contributed by atoms with Crippen molar-refractivity contribution in [3.63, 3.8) is 0 Å². The fourth-order valence-corrected chi connectivity index (χ4v) is 3.99. The number of cyclic esters (lactones) is 1. The van der Waals surface area contributed by atoms with E-state index in [9.17, 15) is 20.1 Å².